The van der Waals surface area contributed by atoms with Crippen LogP contribution in [-0.4, -0.2) is 60.3 Å². The van der Waals surface area contributed by atoms with E-state index in [2.05, 4.69) is 40.0 Å². The molecule has 0 unspecified atom stereocenters. The summed E-state index contributed by atoms with van der Waals surface area (Å²) in [5.74, 6) is 0.155. The molecule has 0 aliphatic carbocycles. The van der Waals surface area contributed by atoms with Gasteiger partial charge in [-0.25, -0.2) is 0 Å². The Balaban J connectivity index is 1.64. The van der Waals surface area contributed by atoms with Crippen LogP contribution in [0.2, 0.25) is 0 Å². The standard InChI is InChI=1S/C20H21N3O/c1-22-8-10-23(11-9-22)14-20(24)16-12-18-17-5-3-2-4-15(17)6-7-19(18)21-13-16/h2-7,12-13H,8-11,14H2,1H3. The zero-order chi connectivity index (χ0) is 16.5. The number of Topliss-reactive ketones (excluding diaryl/α,β-unsaturated/α-hetero) is 1. The van der Waals surface area contributed by atoms with Crippen LogP contribution in [0, 0.1) is 0 Å². The molecular weight excluding hydrogens is 298 g/mol. The quantitative estimate of drug-likeness (QED) is 0.549. The Kier molecular flexibility index (Phi) is 4.00. The van der Waals surface area contributed by atoms with Gasteiger partial charge in [0.2, 0.25) is 0 Å². The molecule has 122 valence electrons. The van der Waals surface area contributed by atoms with Gasteiger partial charge in [-0.05, 0) is 30.0 Å². The molecule has 0 bridgehead atoms. The van der Waals surface area contributed by atoms with E-state index < -0.39 is 0 Å². The molecule has 4 heteroatoms. The highest BCUT2D eigenvalue weighted by molar-refractivity contribution is 6.09. The highest BCUT2D eigenvalue weighted by Crippen LogP contribution is 2.24. The van der Waals surface area contributed by atoms with Gasteiger partial charge in [-0.15, -0.1) is 0 Å². The van der Waals surface area contributed by atoms with Gasteiger partial charge in [0.1, 0.15) is 0 Å². The molecule has 24 heavy (non-hydrogen) atoms. The van der Waals surface area contributed by atoms with Crippen molar-refractivity contribution in [3.05, 3.63) is 54.2 Å². The predicted molar refractivity (Wildman–Crippen MR) is 97.5 cm³/mol. The number of pyridine rings is 1. The van der Waals surface area contributed by atoms with Gasteiger partial charge < -0.3 is 4.90 Å². The fraction of sp³-hybridized carbons (Fsp3) is 0.300. The first-order chi connectivity index (χ1) is 11.7. The number of carbonyl (C=O) groups is 1. The number of hydrogen-bond donors (Lipinski definition) is 0. The molecule has 1 saturated heterocycles. The zero-order valence-corrected chi connectivity index (χ0v) is 13.9. The van der Waals surface area contributed by atoms with Crippen LogP contribution in [0.5, 0.6) is 0 Å². The molecule has 4 nitrogen and oxygen atoms in total. The highest BCUT2D eigenvalue weighted by atomic mass is 16.1. The van der Waals surface area contributed by atoms with E-state index in [-0.39, 0.29) is 5.78 Å². The summed E-state index contributed by atoms with van der Waals surface area (Å²) in [6, 6.07) is 14.3. The van der Waals surface area contributed by atoms with Gasteiger partial charge in [-0.1, -0.05) is 30.3 Å². The summed E-state index contributed by atoms with van der Waals surface area (Å²) in [5, 5.41) is 3.38. The van der Waals surface area contributed by atoms with E-state index in [1.165, 1.54) is 5.39 Å². The lowest BCUT2D eigenvalue weighted by atomic mass is 10.0. The minimum absolute atomic E-state index is 0.155. The normalized spacial score (nSPS) is 16.7. The van der Waals surface area contributed by atoms with E-state index in [4.69, 9.17) is 0 Å². The van der Waals surface area contributed by atoms with E-state index in [0.717, 1.165) is 42.5 Å². The number of ketones is 1. The molecule has 1 aromatic heterocycles. The molecule has 0 radical (unpaired) electrons. The van der Waals surface area contributed by atoms with Gasteiger partial charge in [0.15, 0.2) is 5.78 Å². The predicted octanol–water partition coefficient (Wildman–Crippen LogP) is 2.82. The fourth-order valence-corrected chi connectivity index (χ4v) is 3.33. The molecule has 0 N–H and O–H groups in total. The molecule has 1 aliphatic rings. The molecule has 0 amide bonds. The topological polar surface area (TPSA) is 36.4 Å². The van der Waals surface area contributed by atoms with E-state index in [1.807, 2.05) is 24.3 Å². The number of hydrogen-bond acceptors (Lipinski definition) is 4. The summed E-state index contributed by atoms with van der Waals surface area (Å²) in [6.07, 6.45) is 1.72. The molecule has 0 saturated carbocycles. The SMILES string of the molecule is CN1CCN(CC(=O)c2cnc3ccc4ccccc4c3c2)CC1. The number of benzene rings is 2. The second kappa shape index (κ2) is 6.30. The Morgan fingerprint density at radius 3 is 2.67 bits per heavy atom. The number of nitrogens with zero attached hydrogens (tertiary/aromatic N) is 3. The fourth-order valence-electron chi connectivity index (χ4n) is 3.33. The Morgan fingerprint density at radius 1 is 1.04 bits per heavy atom. The third-order valence-corrected chi connectivity index (χ3v) is 4.88. The third-order valence-electron chi connectivity index (χ3n) is 4.88. The molecular formula is C20H21N3O. The van der Waals surface area contributed by atoms with E-state index in [9.17, 15) is 4.79 Å². The first kappa shape index (κ1) is 15.2. The molecule has 2 heterocycles. The van der Waals surface area contributed by atoms with Crippen LogP contribution in [0.15, 0.2) is 48.7 Å². The van der Waals surface area contributed by atoms with Crippen molar-refractivity contribution in [3.63, 3.8) is 0 Å². The van der Waals surface area contributed by atoms with Crippen LogP contribution >= 0.6 is 0 Å². The second-order valence-electron chi connectivity index (χ2n) is 6.58. The smallest absolute Gasteiger partial charge is 0.178 e. The molecule has 0 atom stereocenters. The van der Waals surface area contributed by atoms with Gasteiger partial charge in [-0.2, -0.15) is 0 Å². The lowest BCUT2D eigenvalue weighted by Crippen LogP contribution is -2.46. The van der Waals surface area contributed by atoms with Crippen LogP contribution in [0.25, 0.3) is 21.7 Å². The van der Waals surface area contributed by atoms with Gasteiger partial charge in [-0.3, -0.25) is 14.7 Å². The lowest BCUT2D eigenvalue weighted by Gasteiger charge is -2.31. The van der Waals surface area contributed by atoms with Gasteiger partial charge >= 0.3 is 0 Å². The third kappa shape index (κ3) is 2.90. The Labute approximate surface area is 141 Å². The largest absolute Gasteiger partial charge is 0.304 e. The Hall–Kier alpha value is -2.30. The minimum atomic E-state index is 0.155. The molecule has 1 aliphatic heterocycles. The van der Waals surface area contributed by atoms with Crippen molar-refractivity contribution in [2.24, 2.45) is 0 Å². The summed E-state index contributed by atoms with van der Waals surface area (Å²) < 4.78 is 0. The number of piperazine rings is 1. The number of likely N-dealkylation sites (N-methyl/N-ethyl adjacent to an activating group) is 1. The van der Waals surface area contributed by atoms with Gasteiger partial charge in [0.05, 0.1) is 12.1 Å². The van der Waals surface area contributed by atoms with Crippen molar-refractivity contribution in [2.45, 2.75) is 0 Å². The maximum Gasteiger partial charge on any atom is 0.178 e. The van der Waals surface area contributed by atoms with E-state index in [0.29, 0.717) is 12.1 Å². The van der Waals surface area contributed by atoms with E-state index in [1.54, 1.807) is 6.20 Å². The van der Waals surface area contributed by atoms with Crippen molar-refractivity contribution in [2.75, 3.05) is 39.8 Å². The summed E-state index contributed by atoms with van der Waals surface area (Å²) in [7, 11) is 2.12. The number of fused-ring (bicyclic) bond motifs is 3. The average molecular weight is 319 g/mol. The second-order valence-corrected chi connectivity index (χ2v) is 6.58. The summed E-state index contributed by atoms with van der Waals surface area (Å²) in [6.45, 7) is 4.42. The van der Waals surface area contributed by atoms with Crippen molar-refractivity contribution < 1.29 is 4.79 Å². The van der Waals surface area contributed by atoms with Crippen molar-refractivity contribution >= 4 is 27.5 Å². The number of carbonyl (C=O) groups excluding carboxylic acids is 1. The summed E-state index contributed by atoms with van der Waals surface area (Å²) in [5.41, 5.74) is 1.64. The van der Waals surface area contributed by atoms with Crippen LogP contribution < -0.4 is 0 Å². The first-order valence-electron chi connectivity index (χ1n) is 8.42. The summed E-state index contributed by atoms with van der Waals surface area (Å²) >= 11 is 0. The van der Waals surface area contributed by atoms with Gasteiger partial charge in [0.25, 0.3) is 0 Å². The first-order valence-corrected chi connectivity index (χ1v) is 8.42. The Morgan fingerprint density at radius 2 is 1.83 bits per heavy atom. The molecule has 3 aromatic rings. The average Bonchev–Trinajstić information content (AvgIpc) is 2.63. The van der Waals surface area contributed by atoms with Gasteiger partial charge in [0, 0.05) is 43.3 Å². The van der Waals surface area contributed by atoms with Crippen LogP contribution in [-0.2, 0) is 0 Å². The molecule has 2 aromatic carbocycles. The van der Waals surface area contributed by atoms with Crippen molar-refractivity contribution in [3.8, 4) is 0 Å². The van der Waals surface area contributed by atoms with Crippen LogP contribution in [0.3, 0.4) is 0 Å². The van der Waals surface area contributed by atoms with Crippen LogP contribution in [0.4, 0.5) is 0 Å². The Bertz CT molecular complexity index is 898. The van der Waals surface area contributed by atoms with Crippen molar-refractivity contribution in [1.29, 1.82) is 0 Å². The number of rotatable bonds is 3. The highest BCUT2D eigenvalue weighted by Gasteiger charge is 2.18. The lowest BCUT2D eigenvalue weighted by molar-refractivity contribution is 0.0876. The number of aromatic nitrogens is 1. The molecule has 0 spiro atoms. The monoisotopic (exact) mass is 319 g/mol. The van der Waals surface area contributed by atoms with Crippen LogP contribution in [0.1, 0.15) is 10.4 Å². The molecule has 4 rings (SSSR count). The maximum atomic E-state index is 12.7. The van der Waals surface area contributed by atoms with Crippen molar-refractivity contribution in [1.82, 2.24) is 14.8 Å². The zero-order valence-electron chi connectivity index (χ0n) is 13.9. The molecule has 1 fully saturated rings. The maximum absolute atomic E-state index is 12.7. The van der Waals surface area contributed by atoms with E-state index >= 15 is 0 Å². The minimum Gasteiger partial charge on any atom is -0.304 e. The summed E-state index contributed by atoms with van der Waals surface area (Å²) in [4.78, 5) is 21.7.